The predicted octanol–water partition coefficient (Wildman–Crippen LogP) is 1.29. The number of rotatable bonds is 4. The summed E-state index contributed by atoms with van der Waals surface area (Å²) in [5, 5.41) is 0. The van der Waals surface area contributed by atoms with Gasteiger partial charge in [-0.3, -0.25) is 4.79 Å². The molecule has 0 saturated heterocycles. The Hall–Kier alpha value is -0.290. The van der Waals surface area contributed by atoms with E-state index < -0.39 is 14.5 Å². The molecule has 4 nitrogen and oxygen atoms in total. The fourth-order valence-electron chi connectivity index (χ4n) is 1.69. The van der Waals surface area contributed by atoms with Crippen molar-refractivity contribution in [1.29, 1.82) is 0 Å². The summed E-state index contributed by atoms with van der Waals surface area (Å²) in [6.07, 6.45) is 2.61. The zero-order chi connectivity index (χ0) is 10.8. The Morgan fingerprint density at radius 1 is 1.50 bits per heavy atom. The molecule has 0 heterocycles. The Morgan fingerprint density at radius 2 is 2.07 bits per heavy atom. The van der Waals surface area contributed by atoms with E-state index in [4.69, 9.17) is 10.7 Å². The van der Waals surface area contributed by atoms with E-state index >= 15 is 0 Å². The maximum atomic E-state index is 11.4. The highest BCUT2D eigenvalue weighted by Crippen LogP contribution is 2.45. The van der Waals surface area contributed by atoms with Gasteiger partial charge < -0.3 is 4.74 Å². The lowest BCUT2D eigenvalue weighted by Gasteiger charge is -2.38. The third-order valence-corrected chi connectivity index (χ3v) is 3.91. The van der Waals surface area contributed by atoms with Crippen LogP contribution in [0.1, 0.15) is 25.7 Å². The summed E-state index contributed by atoms with van der Waals surface area (Å²) in [6, 6.07) is 0. The van der Waals surface area contributed by atoms with Gasteiger partial charge in [0.1, 0.15) is 0 Å². The first-order chi connectivity index (χ1) is 6.40. The van der Waals surface area contributed by atoms with E-state index in [0.717, 1.165) is 6.42 Å². The molecule has 1 rings (SSSR count). The minimum atomic E-state index is -3.51. The van der Waals surface area contributed by atoms with Crippen molar-refractivity contribution in [2.75, 3.05) is 12.9 Å². The van der Waals surface area contributed by atoms with Crippen molar-refractivity contribution < 1.29 is 17.9 Å². The fraction of sp³-hybridized carbons (Fsp3) is 0.875. The molecule has 6 heteroatoms. The first kappa shape index (κ1) is 11.8. The van der Waals surface area contributed by atoms with Crippen LogP contribution in [0.4, 0.5) is 0 Å². The molecule has 0 aromatic rings. The molecule has 0 aliphatic heterocycles. The van der Waals surface area contributed by atoms with Crippen LogP contribution in [-0.4, -0.2) is 27.2 Å². The van der Waals surface area contributed by atoms with E-state index in [-0.39, 0.29) is 18.1 Å². The number of methoxy groups -OCH3 is 1. The lowest BCUT2D eigenvalue weighted by Crippen LogP contribution is -2.40. The molecule has 1 saturated carbocycles. The third-order valence-electron chi connectivity index (χ3n) is 2.75. The van der Waals surface area contributed by atoms with Gasteiger partial charge in [0.25, 0.3) is 0 Å². The highest BCUT2D eigenvalue weighted by Gasteiger charge is 2.45. The molecule has 0 unspecified atom stereocenters. The van der Waals surface area contributed by atoms with Crippen molar-refractivity contribution in [3.63, 3.8) is 0 Å². The molecule has 1 fully saturated rings. The average molecular weight is 241 g/mol. The van der Waals surface area contributed by atoms with Crippen LogP contribution >= 0.6 is 10.7 Å². The van der Waals surface area contributed by atoms with Crippen molar-refractivity contribution >= 4 is 25.7 Å². The van der Waals surface area contributed by atoms with Gasteiger partial charge in [0, 0.05) is 10.7 Å². The van der Waals surface area contributed by atoms with Crippen molar-refractivity contribution in [2.24, 2.45) is 5.41 Å². The molecule has 14 heavy (non-hydrogen) atoms. The van der Waals surface area contributed by atoms with Gasteiger partial charge in [-0.1, -0.05) is 6.42 Å². The Morgan fingerprint density at radius 3 is 2.36 bits per heavy atom. The second kappa shape index (κ2) is 4.06. The van der Waals surface area contributed by atoms with Gasteiger partial charge in [0.15, 0.2) is 0 Å². The number of ether oxygens (including phenoxy) is 1. The van der Waals surface area contributed by atoms with Crippen molar-refractivity contribution in [3.05, 3.63) is 0 Å². The molecule has 0 amide bonds. The predicted molar refractivity (Wildman–Crippen MR) is 52.6 cm³/mol. The Bertz CT molecular complexity index is 318. The molecular weight excluding hydrogens is 228 g/mol. The topological polar surface area (TPSA) is 60.4 Å². The summed E-state index contributed by atoms with van der Waals surface area (Å²) < 4.78 is 26.1. The molecule has 82 valence electrons. The van der Waals surface area contributed by atoms with Gasteiger partial charge in [0.05, 0.1) is 18.3 Å². The van der Waals surface area contributed by atoms with E-state index in [9.17, 15) is 13.2 Å². The Labute approximate surface area is 88.0 Å². The monoisotopic (exact) mass is 240 g/mol. The smallest absolute Gasteiger partial charge is 0.311 e. The van der Waals surface area contributed by atoms with E-state index in [1.165, 1.54) is 7.11 Å². The number of carbonyl (C=O) groups excluding carboxylic acids is 1. The third kappa shape index (κ3) is 2.60. The summed E-state index contributed by atoms with van der Waals surface area (Å²) >= 11 is 0. The van der Waals surface area contributed by atoms with Gasteiger partial charge in [-0.05, 0) is 19.3 Å². The quantitative estimate of drug-likeness (QED) is 0.549. The summed E-state index contributed by atoms with van der Waals surface area (Å²) in [5.74, 6) is -0.479. The van der Waals surface area contributed by atoms with Gasteiger partial charge in [-0.15, -0.1) is 0 Å². The molecule has 1 aliphatic carbocycles. The van der Waals surface area contributed by atoms with Crippen LogP contribution in [0, 0.1) is 5.41 Å². The molecule has 0 aromatic carbocycles. The lowest BCUT2D eigenvalue weighted by molar-refractivity contribution is -0.158. The van der Waals surface area contributed by atoms with Crippen LogP contribution in [0.5, 0.6) is 0 Å². The average Bonchev–Trinajstić information content (AvgIpc) is 1.99. The first-order valence-electron chi connectivity index (χ1n) is 4.40. The maximum Gasteiger partial charge on any atom is 0.311 e. The second-order valence-corrected chi connectivity index (χ2v) is 6.51. The number of esters is 1. The highest BCUT2D eigenvalue weighted by atomic mass is 35.7. The van der Waals surface area contributed by atoms with Crippen LogP contribution in [0.2, 0.25) is 0 Å². The summed E-state index contributed by atoms with van der Waals surface area (Å²) in [5.41, 5.74) is -0.587. The second-order valence-electron chi connectivity index (χ2n) is 3.62. The molecule has 0 aromatic heterocycles. The van der Waals surface area contributed by atoms with Gasteiger partial charge in [-0.2, -0.15) is 0 Å². The van der Waals surface area contributed by atoms with E-state index in [1.54, 1.807) is 0 Å². The van der Waals surface area contributed by atoms with E-state index in [2.05, 4.69) is 4.74 Å². The van der Waals surface area contributed by atoms with E-state index in [0.29, 0.717) is 12.8 Å². The Kier molecular flexibility index (Phi) is 3.42. The van der Waals surface area contributed by atoms with Crippen LogP contribution in [0.15, 0.2) is 0 Å². The minimum absolute atomic E-state index is 0.163. The summed E-state index contributed by atoms with van der Waals surface area (Å²) in [6.45, 7) is 0. The molecular formula is C8H13ClO4S. The van der Waals surface area contributed by atoms with Gasteiger partial charge in [-0.25, -0.2) is 8.42 Å². The molecule has 0 spiro atoms. The fourth-order valence-corrected chi connectivity index (χ4v) is 2.56. The van der Waals surface area contributed by atoms with Crippen molar-refractivity contribution in [2.45, 2.75) is 25.7 Å². The van der Waals surface area contributed by atoms with E-state index in [1.807, 2.05) is 0 Å². The molecule has 0 bridgehead atoms. The number of halogens is 1. The SMILES string of the molecule is COC(=O)C1(CCS(=O)(=O)Cl)CCC1. The van der Waals surface area contributed by atoms with Gasteiger partial charge in [0.2, 0.25) is 9.05 Å². The summed E-state index contributed by atoms with van der Waals surface area (Å²) in [7, 11) is 2.89. The largest absolute Gasteiger partial charge is 0.469 e. The standard InChI is InChI=1S/C8H13ClO4S/c1-13-7(10)8(3-2-4-8)5-6-14(9,11)12/h2-6H2,1H3. The van der Waals surface area contributed by atoms with Crippen molar-refractivity contribution in [3.8, 4) is 0 Å². The van der Waals surface area contributed by atoms with Crippen LogP contribution in [0.3, 0.4) is 0 Å². The zero-order valence-corrected chi connectivity index (χ0v) is 9.53. The molecule has 1 aliphatic rings. The lowest BCUT2D eigenvalue weighted by atomic mass is 9.67. The van der Waals surface area contributed by atoms with Gasteiger partial charge >= 0.3 is 5.97 Å². The molecule has 0 radical (unpaired) electrons. The summed E-state index contributed by atoms with van der Waals surface area (Å²) in [4.78, 5) is 11.4. The zero-order valence-electron chi connectivity index (χ0n) is 7.95. The molecule has 0 N–H and O–H groups in total. The van der Waals surface area contributed by atoms with Crippen molar-refractivity contribution in [1.82, 2.24) is 0 Å². The number of carbonyl (C=O) groups is 1. The number of hydrogen-bond acceptors (Lipinski definition) is 4. The Balaban J connectivity index is 2.59. The first-order valence-corrected chi connectivity index (χ1v) is 6.88. The normalized spacial score (nSPS) is 19.9. The minimum Gasteiger partial charge on any atom is -0.469 e. The van der Waals surface area contributed by atoms with Crippen LogP contribution in [0.25, 0.3) is 0 Å². The van der Waals surface area contributed by atoms with Crippen LogP contribution in [-0.2, 0) is 18.6 Å². The maximum absolute atomic E-state index is 11.4. The molecule has 0 atom stereocenters. The van der Waals surface area contributed by atoms with Crippen LogP contribution < -0.4 is 0 Å². The highest BCUT2D eigenvalue weighted by molar-refractivity contribution is 8.13. The number of hydrogen-bond donors (Lipinski definition) is 0.